The summed E-state index contributed by atoms with van der Waals surface area (Å²) in [5.41, 5.74) is 3.08. The van der Waals surface area contributed by atoms with Crippen molar-refractivity contribution in [3.8, 4) is 5.88 Å². The maximum Gasteiger partial charge on any atom is 0.213 e. The van der Waals surface area contributed by atoms with Gasteiger partial charge >= 0.3 is 0 Å². The largest absolute Gasteiger partial charge is 0.504 e. The molecule has 0 N–H and O–H groups in total. The van der Waals surface area contributed by atoms with Gasteiger partial charge < -0.3 is 14.4 Å². The summed E-state index contributed by atoms with van der Waals surface area (Å²) in [6.07, 6.45) is 6.42. The number of hydrogen-bond donors (Lipinski definition) is 0. The Labute approximate surface area is 150 Å². The molecule has 1 unspecified atom stereocenters. The number of aromatic nitrogens is 2. The summed E-state index contributed by atoms with van der Waals surface area (Å²) in [4.78, 5) is 11.1. The van der Waals surface area contributed by atoms with Crippen LogP contribution in [0.15, 0.2) is 41.3 Å². The zero-order chi connectivity index (χ0) is 16.9. The number of hydrogen-bond acceptors (Lipinski definition) is 5. The Balaban J connectivity index is 1.71. The van der Waals surface area contributed by atoms with Gasteiger partial charge in [0, 0.05) is 31.3 Å². The lowest BCUT2D eigenvalue weighted by Gasteiger charge is -2.20. The monoisotopic (exact) mass is 389 g/mol. The van der Waals surface area contributed by atoms with Crippen molar-refractivity contribution in [2.75, 3.05) is 25.1 Å². The minimum atomic E-state index is 0.128. The number of pyridine rings is 2. The minimum Gasteiger partial charge on any atom is -0.504 e. The standard InChI is InChI=1S/C18H20BrN3O2/c1-13-3-6-18(20-11-13)24-14-7-9-22(12-14)16-4-5-17(19)21-15(16)8-10-23-2/h3-6,8,10-11,14H,7,9,12H2,1-2H3. The molecule has 0 radical (unpaired) electrons. The van der Waals surface area contributed by atoms with Gasteiger partial charge in [-0.3, -0.25) is 0 Å². The highest BCUT2D eigenvalue weighted by Crippen LogP contribution is 2.27. The highest BCUT2D eigenvalue weighted by Gasteiger charge is 2.26. The summed E-state index contributed by atoms with van der Waals surface area (Å²) >= 11 is 3.42. The molecule has 0 amide bonds. The first-order valence-electron chi connectivity index (χ1n) is 7.86. The zero-order valence-corrected chi connectivity index (χ0v) is 15.4. The third kappa shape index (κ3) is 4.06. The maximum atomic E-state index is 6.00. The lowest BCUT2D eigenvalue weighted by molar-refractivity contribution is 0.216. The summed E-state index contributed by atoms with van der Waals surface area (Å²) in [5.74, 6) is 0.681. The van der Waals surface area contributed by atoms with Gasteiger partial charge in [-0.25, -0.2) is 9.97 Å². The Morgan fingerprint density at radius 2 is 2.17 bits per heavy atom. The van der Waals surface area contributed by atoms with E-state index >= 15 is 0 Å². The minimum absolute atomic E-state index is 0.128. The molecule has 1 fully saturated rings. The van der Waals surface area contributed by atoms with Crippen molar-refractivity contribution >= 4 is 27.7 Å². The molecule has 6 heteroatoms. The van der Waals surface area contributed by atoms with E-state index in [2.05, 4.69) is 36.9 Å². The number of rotatable bonds is 5. The van der Waals surface area contributed by atoms with Crippen molar-refractivity contribution in [2.45, 2.75) is 19.4 Å². The molecule has 1 aliphatic rings. The van der Waals surface area contributed by atoms with Crippen LogP contribution in [-0.2, 0) is 4.74 Å². The van der Waals surface area contributed by atoms with E-state index in [1.165, 1.54) is 0 Å². The van der Waals surface area contributed by atoms with Crippen LogP contribution in [0.4, 0.5) is 5.69 Å². The summed E-state index contributed by atoms with van der Waals surface area (Å²) in [6.45, 7) is 3.75. The molecule has 3 heterocycles. The van der Waals surface area contributed by atoms with Crippen molar-refractivity contribution in [1.82, 2.24) is 9.97 Å². The molecule has 1 aliphatic heterocycles. The van der Waals surface area contributed by atoms with Crippen molar-refractivity contribution < 1.29 is 9.47 Å². The highest BCUT2D eigenvalue weighted by molar-refractivity contribution is 9.10. The van der Waals surface area contributed by atoms with Crippen LogP contribution in [0.3, 0.4) is 0 Å². The molecule has 0 saturated carbocycles. The van der Waals surface area contributed by atoms with Crippen molar-refractivity contribution in [3.63, 3.8) is 0 Å². The quantitative estimate of drug-likeness (QED) is 0.574. The number of halogens is 1. The predicted octanol–water partition coefficient (Wildman–Crippen LogP) is 3.82. The van der Waals surface area contributed by atoms with Crippen LogP contribution in [-0.4, -0.2) is 36.3 Å². The normalized spacial score (nSPS) is 17.5. The Morgan fingerprint density at radius 1 is 1.29 bits per heavy atom. The lowest BCUT2D eigenvalue weighted by atomic mass is 10.2. The molecule has 2 aromatic heterocycles. The Morgan fingerprint density at radius 3 is 2.92 bits per heavy atom. The van der Waals surface area contributed by atoms with E-state index in [4.69, 9.17) is 9.47 Å². The summed E-state index contributed by atoms with van der Waals surface area (Å²) in [6, 6.07) is 7.96. The first-order chi connectivity index (χ1) is 11.7. The van der Waals surface area contributed by atoms with Crippen LogP contribution in [0.25, 0.3) is 6.08 Å². The fraction of sp³-hybridized carbons (Fsp3) is 0.333. The van der Waals surface area contributed by atoms with Gasteiger partial charge in [0.1, 0.15) is 10.7 Å². The predicted molar refractivity (Wildman–Crippen MR) is 98.2 cm³/mol. The van der Waals surface area contributed by atoms with Gasteiger partial charge in [-0.15, -0.1) is 0 Å². The maximum absolute atomic E-state index is 6.00. The van der Waals surface area contributed by atoms with Gasteiger partial charge in [-0.05, 0) is 40.5 Å². The number of ether oxygens (including phenoxy) is 2. The van der Waals surface area contributed by atoms with Crippen molar-refractivity contribution in [1.29, 1.82) is 0 Å². The molecule has 0 aliphatic carbocycles. The van der Waals surface area contributed by atoms with E-state index in [1.807, 2.05) is 37.4 Å². The molecule has 3 rings (SSSR count). The number of methoxy groups -OCH3 is 1. The van der Waals surface area contributed by atoms with E-state index in [0.29, 0.717) is 5.88 Å². The third-order valence-electron chi connectivity index (χ3n) is 3.89. The molecule has 1 atom stereocenters. The van der Waals surface area contributed by atoms with E-state index in [-0.39, 0.29) is 6.10 Å². The van der Waals surface area contributed by atoms with Gasteiger partial charge in [0.15, 0.2) is 0 Å². The molecule has 126 valence electrons. The molecule has 1 saturated heterocycles. The smallest absolute Gasteiger partial charge is 0.213 e. The molecule has 2 aromatic rings. The average molecular weight is 390 g/mol. The van der Waals surface area contributed by atoms with Crippen molar-refractivity contribution in [3.05, 3.63) is 52.6 Å². The van der Waals surface area contributed by atoms with Gasteiger partial charge in [0.05, 0.1) is 31.3 Å². The van der Waals surface area contributed by atoms with E-state index in [0.717, 1.165) is 41.1 Å². The molecular formula is C18H20BrN3O2. The first-order valence-corrected chi connectivity index (χ1v) is 8.65. The second-order valence-electron chi connectivity index (χ2n) is 5.73. The average Bonchev–Trinajstić information content (AvgIpc) is 3.03. The van der Waals surface area contributed by atoms with Gasteiger partial charge in [0.25, 0.3) is 0 Å². The van der Waals surface area contributed by atoms with Crippen LogP contribution >= 0.6 is 15.9 Å². The van der Waals surface area contributed by atoms with Crippen LogP contribution < -0.4 is 9.64 Å². The van der Waals surface area contributed by atoms with Gasteiger partial charge in [0.2, 0.25) is 5.88 Å². The SMILES string of the molecule is COC=Cc1nc(Br)ccc1N1CCC(Oc2ccc(C)cn2)C1. The summed E-state index contributed by atoms with van der Waals surface area (Å²) < 4.78 is 11.8. The third-order valence-corrected chi connectivity index (χ3v) is 4.33. The fourth-order valence-corrected chi connectivity index (χ4v) is 3.03. The van der Waals surface area contributed by atoms with Crippen LogP contribution in [0, 0.1) is 6.92 Å². The second-order valence-corrected chi connectivity index (χ2v) is 6.54. The van der Waals surface area contributed by atoms with E-state index < -0.39 is 0 Å². The Hall–Kier alpha value is -2.08. The topological polar surface area (TPSA) is 47.5 Å². The number of nitrogens with zero attached hydrogens (tertiary/aromatic N) is 3. The Bertz CT molecular complexity index is 719. The summed E-state index contributed by atoms with van der Waals surface area (Å²) in [5, 5.41) is 0. The van der Waals surface area contributed by atoms with Crippen LogP contribution in [0.2, 0.25) is 0 Å². The second kappa shape index (κ2) is 7.66. The van der Waals surface area contributed by atoms with Gasteiger partial charge in [-0.2, -0.15) is 0 Å². The molecular weight excluding hydrogens is 370 g/mol. The highest BCUT2D eigenvalue weighted by atomic mass is 79.9. The van der Waals surface area contributed by atoms with Crippen molar-refractivity contribution in [2.24, 2.45) is 0 Å². The van der Waals surface area contributed by atoms with E-state index in [1.54, 1.807) is 13.4 Å². The lowest BCUT2D eigenvalue weighted by Crippen LogP contribution is -2.25. The molecule has 24 heavy (non-hydrogen) atoms. The van der Waals surface area contributed by atoms with Crippen LogP contribution in [0.5, 0.6) is 5.88 Å². The first kappa shape index (κ1) is 16.8. The molecule has 0 bridgehead atoms. The summed E-state index contributed by atoms with van der Waals surface area (Å²) in [7, 11) is 1.63. The molecule has 5 nitrogen and oxygen atoms in total. The number of aryl methyl sites for hydroxylation is 1. The Kier molecular flexibility index (Phi) is 5.35. The zero-order valence-electron chi connectivity index (χ0n) is 13.8. The van der Waals surface area contributed by atoms with Gasteiger partial charge in [-0.1, -0.05) is 6.07 Å². The fourth-order valence-electron chi connectivity index (χ4n) is 2.70. The van der Waals surface area contributed by atoms with E-state index in [9.17, 15) is 0 Å². The van der Waals surface area contributed by atoms with Crippen LogP contribution in [0.1, 0.15) is 17.7 Å². The molecule has 0 aromatic carbocycles. The molecule has 0 spiro atoms. The number of anilines is 1.